The fourth-order valence-corrected chi connectivity index (χ4v) is 11.1. The van der Waals surface area contributed by atoms with E-state index in [4.69, 9.17) is 0 Å². The van der Waals surface area contributed by atoms with Crippen molar-refractivity contribution < 1.29 is 0 Å². The third kappa shape index (κ3) is 5.23. The highest BCUT2D eigenvalue weighted by atomic mass is 28.3. The van der Waals surface area contributed by atoms with Crippen molar-refractivity contribution in [2.24, 2.45) is 0 Å². The molecule has 1 aliphatic carbocycles. The Morgan fingerprint density at radius 1 is 0.560 bits per heavy atom. The van der Waals surface area contributed by atoms with Crippen LogP contribution in [0.2, 0.25) is 18.1 Å². The van der Waals surface area contributed by atoms with Crippen molar-refractivity contribution in [2.45, 2.75) is 58.2 Å². The van der Waals surface area contributed by atoms with Gasteiger partial charge in [0.1, 0.15) is 0 Å². The number of benzene rings is 6. The standard InChI is InChI=1S/C47H46N2Si/c1-6-50(7-2,8-3)31-30-34-22-24-36(25-23-34)48(38-26-28-40-39-18-12-14-20-43(39)47(4,5)44(40)33-38)37-27-29-46-42(32-37)41-19-13-15-21-45(41)49(46)35-16-10-9-11-17-35/h9-33H,6-8H2,1-5H3/b31-30+. The van der Waals surface area contributed by atoms with Crippen molar-refractivity contribution >= 4 is 53.0 Å². The first kappa shape index (κ1) is 32.1. The van der Waals surface area contributed by atoms with Crippen molar-refractivity contribution in [3.63, 3.8) is 0 Å². The van der Waals surface area contributed by atoms with Gasteiger partial charge in [-0.1, -0.05) is 143 Å². The van der Waals surface area contributed by atoms with Crippen LogP contribution < -0.4 is 4.90 Å². The van der Waals surface area contributed by atoms with Crippen molar-refractivity contribution in [3.8, 4) is 16.8 Å². The summed E-state index contributed by atoms with van der Waals surface area (Å²) in [5.74, 6) is 0. The zero-order valence-corrected chi connectivity index (χ0v) is 30.9. The summed E-state index contributed by atoms with van der Waals surface area (Å²) in [6.07, 6.45) is 2.39. The molecular weight excluding hydrogens is 621 g/mol. The van der Waals surface area contributed by atoms with Crippen LogP contribution in [0.3, 0.4) is 0 Å². The quantitative estimate of drug-likeness (QED) is 0.139. The molecule has 1 heterocycles. The van der Waals surface area contributed by atoms with Gasteiger partial charge in [-0.05, 0) is 88.5 Å². The van der Waals surface area contributed by atoms with Crippen molar-refractivity contribution in [2.75, 3.05) is 4.90 Å². The van der Waals surface area contributed by atoms with Crippen LogP contribution in [0.25, 0.3) is 44.7 Å². The zero-order valence-electron chi connectivity index (χ0n) is 29.9. The van der Waals surface area contributed by atoms with E-state index in [-0.39, 0.29) is 5.41 Å². The van der Waals surface area contributed by atoms with Gasteiger partial charge in [-0.2, -0.15) is 0 Å². The highest BCUT2D eigenvalue weighted by Gasteiger charge is 2.35. The summed E-state index contributed by atoms with van der Waals surface area (Å²) in [6, 6.07) is 55.6. The van der Waals surface area contributed by atoms with Crippen LogP contribution in [0.5, 0.6) is 0 Å². The molecule has 0 amide bonds. The Labute approximate surface area is 298 Å². The first-order valence-electron chi connectivity index (χ1n) is 18.3. The van der Waals surface area contributed by atoms with Crippen molar-refractivity contribution in [1.29, 1.82) is 0 Å². The monoisotopic (exact) mass is 666 g/mol. The van der Waals surface area contributed by atoms with E-state index < -0.39 is 8.07 Å². The van der Waals surface area contributed by atoms with E-state index in [1.54, 1.807) is 0 Å². The van der Waals surface area contributed by atoms with Crippen LogP contribution in [-0.4, -0.2) is 12.6 Å². The molecule has 2 nitrogen and oxygen atoms in total. The lowest BCUT2D eigenvalue weighted by Crippen LogP contribution is -2.28. The van der Waals surface area contributed by atoms with Gasteiger partial charge in [-0.15, -0.1) is 0 Å². The minimum absolute atomic E-state index is 0.0798. The Bertz CT molecular complexity index is 2350. The minimum atomic E-state index is -1.36. The topological polar surface area (TPSA) is 8.17 Å². The van der Waals surface area contributed by atoms with E-state index in [0.717, 1.165) is 11.4 Å². The lowest BCUT2D eigenvalue weighted by Gasteiger charge is -2.28. The van der Waals surface area contributed by atoms with Gasteiger partial charge in [0.05, 0.1) is 19.1 Å². The second kappa shape index (κ2) is 12.6. The molecule has 0 N–H and O–H groups in total. The molecule has 0 fully saturated rings. The third-order valence-corrected chi connectivity index (χ3v) is 16.7. The third-order valence-electron chi connectivity index (χ3n) is 11.6. The number of para-hydroxylation sites is 2. The molecule has 0 saturated carbocycles. The zero-order chi connectivity index (χ0) is 34.5. The van der Waals surface area contributed by atoms with Crippen LogP contribution in [0.15, 0.2) is 145 Å². The molecule has 1 aliphatic rings. The minimum Gasteiger partial charge on any atom is -0.310 e. The van der Waals surface area contributed by atoms with E-state index in [2.05, 4.69) is 195 Å². The molecule has 7 aromatic rings. The molecule has 0 unspecified atom stereocenters. The Hall–Kier alpha value is -5.12. The smallest absolute Gasteiger partial charge is 0.0770 e. The van der Waals surface area contributed by atoms with Gasteiger partial charge < -0.3 is 9.47 Å². The van der Waals surface area contributed by atoms with E-state index in [1.807, 2.05) is 0 Å². The Balaban J connectivity index is 1.29. The number of fused-ring (bicyclic) bond motifs is 6. The average Bonchev–Trinajstić information content (AvgIpc) is 3.61. The molecule has 0 bridgehead atoms. The number of aromatic nitrogens is 1. The molecular formula is C47H46N2Si. The highest BCUT2D eigenvalue weighted by Crippen LogP contribution is 2.51. The molecule has 3 heteroatoms. The van der Waals surface area contributed by atoms with E-state index in [9.17, 15) is 0 Å². The van der Waals surface area contributed by atoms with E-state index >= 15 is 0 Å². The van der Waals surface area contributed by atoms with Gasteiger partial charge in [-0.3, -0.25) is 0 Å². The summed E-state index contributed by atoms with van der Waals surface area (Å²) in [7, 11) is -1.36. The Kier molecular flexibility index (Phi) is 8.12. The molecule has 6 aromatic carbocycles. The van der Waals surface area contributed by atoms with Gasteiger partial charge in [0.25, 0.3) is 0 Å². The van der Waals surface area contributed by atoms with Gasteiger partial charge >= 0.3 is 0 Å². The Morgan fingerprint density at radius 2 is 1.16 bits per heavy atom. The van der Waals surface area contributed by atoms with Crippen LogP contribution in [0.1, 0.15) is 51.3 Å². The Morgan fingerprint density at radius 3 is 1.92 bits per heavy atom. The second-order valence-electron chi connectivity index (χ2n) is 14.5. The maximum atomic E-state index is 2.58. The normalized spacial score (nSPS) is 13.6. The van der Waals surface area contributed by atoms with E-state index in [0.29, 0.717) is 0 Å². The molecule has 248 valence electrons. The number of rotatable bonds is 9. The summed E-state index contributed by atoms with van der Waals surface area (Å²) in [6.45, 7) is 11.8. The second-order valence-corrected chi connectivity index (χ2v) is 19.7. The van der Waals surface area contributed by atoms with Crippen LogP contribution >= 0.6 is 0 Å². The van der Waals surface area contributed by atoms with Crippen molar-refractivity contribution in [1.82, 2.24) is 4.57 Å². The highest BCUT2D eigenvalue weighted by molar-refractivity contribution is 6.84. The maximum absolute atomic E-state index is 2.58. The fourth-order valence-electron chi connectivity index (χ4n) is 8.34. The number of hydrogen-bond donors (Lipinski definition) is 0. The molecule has 0 atom stereocenters. The van der Waals surface area contributed by atoms with Gasteiger partial charge in [0.15, 0.2) is 0 Å². The van der Waals surface area contributed by atoms with Crippen LogP contribution in [-0.2, 0) is 5.41 Å². The summed E-state index contributed by atoms with van der Waals surface area (Å²) >= 11 is 0. The van der Waals surface area contributed by atoms with Gasteiger partial charge in [0, 0.05) is 38.9 Å². The molecule has 0 aliphatic heterocycles. The molecule has 0 saturated heterocycles. The average molecular weight is 667 g/mol. The maximum Gasteiger partial charge on any atom is 0.0770 e. The summed E-state index contributed by atoms with van der Waals surface area (Å²) in [4.78, 5) is 2.45. The summed E-state index contributed by atoms with van der Waals surface area (Å²) < 4.78 is 2.39. The predicted molar refractivity (Wildman–Crippen MR) is 219 cm³/mol. The summed E-state index contributed by atoms with van der Waals surface area (Å²) in [5.41, 5.74) is 16.3. The fraction of sp³-hybridized carbons (Fsp3) is 0.191. The number of anilines is 3. The SMILES string of the molecule is CC[Si](/C=C/c1ccc(N(c2ccc3c(c2)C(C)(C)c2ccccc2-3)c2ccc3c(c2)c2ccccc2n3-c2ccccc2)cc1)(CC)CC. The van der Waals surface area contributed by atoms with Crippen LogP contribution in [0.4, 0.5) is 17.1 Å². The number of nitrogens with zero attached hydrogens (tertiary/aromatic N) is 2. The molecule has 50 heavy (non-hydrogen) atoms. The summed E-state index contributed by atoms with van der Waals surface area (Å²) in [5, 5.41) is 2.51. The van der Waals surface area contributed by atoms with Crippen molar-refractivity contribution in [3.05, 3.63) is 162 Å². The molecule has 8 rings (SSSR count). The largest absolute Gasteiger partial charge is 0.310 e. The first-order chi connectivity index (χ1) is 24.4. The molecule has 0 spiro atoms. The van der Waals surface area contributed by atoms with Crippen LogP contribution in [0, 0.1) is 0 Å². The number of hydrogen-bond acceptors (Lipinski definition) is 1. The molecule has 0 radical (unpaired) electrons. The van der Waals surface area contributed by atoms with E-state index in [1.165, 1.54) is 79.1 Å². The van der Waals surface area contributed by atoms with Gasteiger partial charge in [-0.25, -0.2) is 0 Å². The van der Waals surface area contributed by atoms with Gasteiger partial charge in [0.2, 0.25) is 0 Å². The molecule has 1 aromatic heterocycles. The predicted octanol–water partition coefficient (Wildman–Crippen LogP) is 13.6. The lowest BCUT2D eigenvalue weighted by molar-refractivity contribution is 0.660. The lowest BCUT2D eigenvalue weighted by atomic mass is 9.82. The first-order valence-corrected chi connectivity index (χ1v) is 21.0.